The van der Waals surface area contributed by atoms with Crippen LogP contribution in [-0.4, -0.2) is 13.9 Å². The van der Waals surface area contributed by atoms with Crippen molar-refractivity contribution in [2.45, 2.75) is 5.51 Å². The number of alkyl halides is 3. The molecule has 0 spiro atoms. The molecule has 3 aromatic rings. The maximum atomic E-state index is 12.4. The van der Waals surface area contributed by atoms with Gasteiger partial charge in [0.05, 0.1) is 5.56 Å². The summed E-state index contributed by atoms with van der Waals surface area (Å²) in [5.41, 5.74) is -5.49. The zero-order chi connectivity index (χ0) is 18.2. The van der Waals surface area contributed by atoms with Crippen molar-refractivity contribution in [3.8, 4) is 16.9 Å². The summed E-state index contributed by atoms with van der Waals surface area (Å²) in [5.74, 6) is -0.611. The summed E-state index contributed by atoms with van der Waals surface area (Å²) in [5, 5.41) is 0.398. The van der Waals surface area contributed by atoms with E-state index in [1.807, 2.05) is 0 Å². The summed E-state index contributed by atoms with van der Waals surface area (Å²) < 4.78 is 68.2. The third-order valence-electron chi connectivity index (χ3n) is 3.28. The summed E-state index contributed by atoms with van der Waals surface area (Å²) in [6, 6.07) is 13.4. The van der Waals surface area contributed by atoms with Crippen molar-refractivity contribution in [1.29, 1.82) is 0 Å². The van der Waals surface area contributed by atoms with E-state index < -0.39 is 27.0 Å². The van der Waals surface area contributed by atoms with Crippen LogP contribution in [0.5, 0.6) is 5.75 Å². The fraction of sp³-hybridized carbons (Fsp3) is 0.0625. The average molecular weight is 370 g/mol. The molecule has 0 saturated carbocycles. The Balaban J connectivity index is 2.05. The first-order chi connectivity index (χ1) is 11.7. The van der Waals surface area contributed by atoms with Gasteiger partial charge < -0.3 is 8.60 Å². The van der Waals surface area contributed by atoms with Gasteiger partial charge >= 0.3 is 21.3 Å². The van der Waals surface area contributed by atoms with Gasteiger partial charge in [0, 0.05) is 11.5 Å². The highest BCUT2D eigenvalue weighted by molar-refractivity contribution is 7.88. The van der Waals surface area contributed by atoms with Crippen LogP contribution in [0.2, 0.25) is 0 Å². The number of rotatable bonds is 3. The van der Waals surface area contributed by atoms with E-state index in [9.17, 15) is 26.4 Å². The van der Waals surface area contributed by atoms with Crippen LogP contribution >= 0.6 is 0 Å². The van der Waals surface area contributed by atoms with Gasteiger partial charge in [-0.1, -0.05) is 30.3 Å². The van der Waals surface area contributed by atoms with Crippen molar-refractivity contribution in [1.82, 2.24) is 0 Å². The van der Waals surface area contributed by atoms with E-state index in [0.29, 0.717) is 10.9 Å². The van der Waals surface area contributed by atoms with Gasteiger partial charge in [-0.25, -0.2) is 4.79 Å². The average Bonchev–Trinajstić information content (AvgIpc) is 2.53. The molecule has 0 saturated heterocycles. The van der Waals surface area contributed by atoms with Crippen LogP contribution in [0.25, 0.3) is 22.1 Å². The lowest BCUT2D eigenvalue weighted by Gasteiger charge is -2.09. The molecule has 1 aromatic heterocycles. The molecule has 0 radical (unpaired) electrons. The molecular weight excluding hydrogens is 361 g/mol. The smallest absolute Gasteiger partial charge is 0.422 e. The molecule has 0 aliphatic carbocycles. The van der Waals surface area contributed by atoms with Crippen LogP contribution in [0.4, 0.5) is 13.2 Å². The van der Waals surface area contributed by atoms with Gasteiger partial charge in [0.1, 0.15) is 11.3 Å². The largest absolute Gasteiger partial charge is 0.534 e. The zero-order valence-corrected chi connectivity index (χ0v) is 13.1. The highest BCUT2D eigenvalue weighted by Gasteiger charge is 2.48. The minimum Gasteiger partial charge on any atom is -0.422 e. The standard InChI is InChI=1S/C16H9F3O5S/c17-16(18,19)25(21,22)24-12-7-6-11-8-13(10-4-2-1-3-5-10)15(20)23-14(11)9-12/h1-9H. The molecule has 25 heavy (non-hydrogen) atoms. The van der Waals surface area contributed by atoms with Gasteiger partial charge in [-0.15, -0.1) is 0 Å². The first-order valence-corrected chi connectivity index (χ1v) is 8.22. The summed E-state index contributed by atoms with van der Waals surface area (Å²) in [6.07, 6.45) is 0. The molecular formula is C16H9F3O5S. The molecule has 0 bridgehead atoms. The van der Waals surface area contributed by atoms with E-state index in [1.165, 1.54) is 12.1 Å². The van der Waals surface area contributed by atoms with E-state index in [1.54, 1.807) is 30.3 Å². The summed E-state index contributed by atoms with van der Waals surface area (Å²) in [6.45, 7) is 0. The predicted octanol–water partition coefficient (Wildman–Crippen LogP) is 3.69. The van der Waals surface area contributed by atoms with Crippen LogP contribution in [0, 0.1) is 0 Å². The van der Waals surface area contributed by atoms with Crippen LogP contribution in [0.3, 0.4) is 0 Å². The third-order valence-corrected chi connectivity index (χ3v) is 4.26. The van der Waals surface area contributed by atoms with Crippen molar-refractivity contribution in [3.05, 3.63) is 65.0 Å². The Morgan fingerprint density at radius 3 is 2.28 bits per heavy atom. The van der Waals surface area contributed by atoms with Crippen molar-refractivity contribution in [3.63, 3.8) is 0 Å². The van der Waals surface area contributed by atoms with Crippen molar-refractivity contribution >= 4 is 21.1 Å². The molecule has 0 unspecified atom stereocenters. The Bertz CT molecular complexity index is 1090. The number of fused-ring (bicyclic) bond motifs is 1. The van der Waals surface area contributed by atoms with E-state index in [4.69, 9.17) is 4.42 Å². The van der Waals surface area contributed by atoms with Crippen molar-refractivity contribution in [2.75, 3.05) is 0 Å². The van der Waals surface area contributed by atoms with Gasteiger partial charge in [-0.05, 0) is 23.8 Å². The number of halogens is 3. The number of hydrogen-bond donors (Lipinski definition) is 0. The Hall–Kier alpha value is -2.81. The van der Waals surface area contributed by atoms with Gasteiger partial charge in [-0.3, -0.25) is 0 Å². The van der Waals surface area contributed by atoms with Crippen LogP contribution in [-0.2, 0) is 10.1 Å². The Morgan fingerprint density at radius 2 is 1.64 bits per heavy atom. The molecule has 2 aromatic carbocycles. The molecule has 3 rings (SSSR count). The summed E-state index contributed by atoms with van der Waals surface area (Å²) >= 11 is 0. The Labute approximate surface area is 139 Å². The molecule has 130 valence electrons. The molecule has 9 heteroatoms. The maximum absolute atomic E-state index is 12.4. The number of benzene rings is 2. The van der Waals surface area contributed by atoms with E-state index in [2.05, 4.69) is 4.18 Å². The van der Waals surface area contributed by atoms with Gasteiger partial charge in [0.2, 0.25) is 0 Å². The Kier molecular flexibility index (Phi) is 4.03. The van der Waals surface area contributed by atoms with E-state index >= 15 is 0 Å². The molecule has 0 N–H and O–H groups in total. The molecule has 5 nitrogen and oxygen atoms in total. The first-order valence-electron chi connectivity index (χ1n) is 6.81. The summed E-state index contributed by atoms with van der Waals surface area (Å²) in [7, 11) is -5.80. The molecule has 1 heterocycles. The molecule has 0 amide bonds. The topological polar surface area (TPSA) is 73.6 Å². The SMILES string of the molecule is O=c1oc2cc(OS(=O)(=O)C(F)(F)F)ccc2cc1-c1ccccc1. The van der Waals surface area contributed by atoms with Gasteiger partial charge in [0.15, 0.2) is 0 Å². The fourth-order valence-electron chi connectivity index (χ4n) is 2.14. The first kappa shape index (κ1) is 17.0. The lowest BCUT2D eigenvalue weighted by atomic mass is 10.1. The summed E-state index contributed by atoms with van der Waals surface area (Å²) in [4.78, 5) is 12.1. The lowest BCUT2D eigenvalue weighted by molar-refractivity contribution is -0.0500. The molecule has 0 atom stereocenters. The second-order valence-electron chi connectivity index (χ2n) is 5.00. The van der Waals surface area contributed by atoms with Crippen LogP contribution < -0.4 is 9.81 Å². The zero-order valence-electron chi connectivity index (χ0n) is 12.3. The van der Waals surface area contributed by atoms with Gasteiger partial charge in [-0.2, -0.15) is 21.6 Å². The predicted molar refractivity (Wildman–Crippen MR) is 83.5 cm³/mol. The molecule has 0 aliphatic rings. The van der Waals surface area contributed by atoms with Crippen LogP contribution in [0.1, 0.15) is 0 Å². The number of hydrogen-bond acceptors (Lipinski definition) is 5. The highest BCUT2D eigenvalue weighted by atomic mass is 32.2. The minimum atomic E-state index is -5.80. The van der Waals surface area contributed by atoms with E-state index in [0.717, 1.165) is 12.1 Å². The lowest BCUT2D eigenvalue weighted by Crippen LogP contribution is -2.28. The maximum Gasteiger partial charge on any atom is 0.534 e. The molecule has 0 aliphatic heterocycles. The Morgan fingerprint density at radius 1 is 0.960 bits per heavy atom. The second-order valence-corrected chi connectivity index (χ2v) is 6.53. The molecule has 0 fully saturated rings. The van der Waals surface area contributed by atoms with Gasteiger partial charge in [0.25, 0.3) is 0 Å². The normalized spacial score (nSPS) is 12.3. The van der Waals surface area contributed by atoms with Crippen molar-refractivity contribution < 1.29 is 30.2 Å². The monoisotopic (exact) mass is 370 g/mol. The van der Waals surface area contributed by atoms with Crippen LogP contribution in [0.15, 0.2) is 63.8 Å². The highest BCUT2D eigenvalue weighted by Crippen LogP contribution is 2.29. The quantitative estimate of drug-likeness (QED) is 0.399. The second kappa shape index (κ2) is 5.92. The fourth-order valence-corrected chi connectivity index (χ4v) is 2.59. The minimum absolute atomic E-state index is 0.0976. The van der Waals surface area contributed by atoms with E-state index in [-0.39, 0.29) is 11.1 Å². The third kappa shape index (κ3) is 3.36. The van der Waals surface area contributed by atoms with Crippen molar-refractivity contribution in [2.24, 2.45) is 0 Å².